The minimum Gasteiger partial charge on any atom is -0.327 e. The Morgan fingerprint density at radius 2 is 1.78 bits per heavy atom. The molecule has 1 N–H and O–H groups in total. The van der Waals surface area contributed by atoms with Gasteiger partial charge in [-0.1, -0.05) is 42.5 Å². The molecule has 0 aliphatic carbocycles. The molecule has 2 aliphatic heterocycles. The van der Waals surface area contributed by atoms with E-state index in [1.165, 1.54) is 0 Å². The van der Waals surface area contributed by atoms with Crippen LogP contribution in [0.1, 0.15) is 24.0 Å². The summed E-state index contributed by atoms with van der Waals surface area (Å²) < 4.78 is 55.0. The van der Waals surface area contributed by atoms with Crippen molar-refractivity contribution in [2.24, 2.45) is 0 Å². The van der Waals surface area contributed by atoms with Gasteiger partial charge in [0.25, 0.3) is 0 Å². The molecule has 2 aromatic rings. The lowest BCUT2D eigenvalue weighted by atomic mass is 9.89. The summed E-state index contributed by atoms with van der Waals surface area (Å²) in [5, 5.41) is 0. The smallest absolute Gasteiger partial charge is 0.320 e. The molecule has 0 aromatic heterocycles. The zero-order chi connectivity index (χ0) is 22.9. The average molecular weight is 464 g/mol. The molecule has 1 fully saturated rings. The first-order valence-corrected chi connectivity index (χ1v) is 12.4. The molecular weight excluding hydrogens is 436 g/mol. The van der Waals surface area contributed by atoms with Crippen molar-refractivity contribution >= 4 is 16.1 Å². The molecule has 6 nitrogen and oxygen atoms in total. The Morgan fingerprint density at radius 3 is 2.56 bits per heavy atom. The van der Waals surface area contributed by atoms with E-state index in [4.69, 9.17) is 0 Å². The number of carbonyl (C=O) groups excluding carboxylic acids is 1. The van der Waals surface area contributed by atoms with Gasteiger partial charge in [0.05, 0.1) is 6.04 Å². The summed E-state index contributed by atoms with van der Waals surface area (Å²) in [6, 6.07) is 9.64. The summed E-state index contributed by atoms with van der Waals surface area (Å²) in [6.07, 6.45) is 1.70. The van der Waals surface area contributed by atoms with Crippen LogP contribution in [0.2, 0.25) is 0 Å². The molecule has 2 aliphatic rings. The zero-order valence-corrected chi connectivity index (χ0v) is 18.7. The van der Waals surface area contributed by atoms with Gasteiger partial charge in [-0.2, -0.15) is 0 Å². The lowest BCUT2D eigenvalue weighted by Crippen LogP contribution is -2.60. The van der Waals surface area contributed by atoms with E-state index < -0.39 is 28.1 Å². The standard InChI is InChI=1S/C23H27F2N3O3S/c1-27-13-11-16-6-2-3-8-18(16)19-9-4-7-17(22(19)25)14-21-20(26-32(30,31)15-24)10-5-12-28(21)23(27)29/h2-4,6-9,20-21,26H,5,10-15H2,1H3. The number of nitrogens with zero attached hydrogens (tertiary/aromatic N) is 2. The van der Waals surface area contributed by atoms with E-state index in [0.717, 1.165) is 11.1 Å². The number of hydrogen-bond acceptors (Lipinski definition) is 3. The fraction of sp³-hybridized carbons (Fsp3) is 0.435. The summed E-state index contributed by atoms with van der Waals surface area (Å²) in [5.41, 5.74) is 2.61. The molecular formula is C23H27F2N3O3S. The molecule has 2 atom stereocenters. The van der Waals surface area contributed by atoms with Crippen molar-refractivity contribution in [2.45, 2.75) is 37.8 Å². The molecule has 0 saturated carbocycles. The highest BCUT2D eigenvalue weighted by atomic mass is 32.2. The first kappa shape index (κ1) is 22.7. The molecule has 172 valence electrons. The maximum atomic E-state index is 15.7. The van der Waals surface area contributed by atoms with Crippen LogP contribution >= 0.6 is 0 Å². The molecule has 2 bridgehead atoms. The molecule has 32 heavy (non-hydrogen) atoms. The number of piperidine rings is 1. The van der Waals surface area contributed by atoms with E-state index >= 15 is 4.39 Å². The van der Waals surface area contributed by atoms with Crippen LogP contribution in [0.4, 0.5) is 13.6 Å². The Balaban J connectivity index is 1.81. The average Bonchev–Trinajstić information content (AvgIpc) is 2.79. The first-order chi connectivity index (χ1) is 15.3. The number of sulfonamides is 1. The molecule has 0 spiro atoms. The van der Waals surface area contributed by atoms with Crippen LogP contribution in [-0.4, -0.2) is 62.5 Å². The molecule has 2 aromatic carbocycles. The summed E-state index contributed by atoms with van der Waals surface area (Å²) in [7, 11) is -2.42. The number of halogens is 2. The highest BCUT2D eigenvalue weighted by molar-refractivity contribution is 7.89. The SMILES string of the molecule is CN1CCc2ccccc2-c2cccc(c2F)CC2C(NS(=O)(=O)CF)CCCN2C1=O. The Labute approximate surface area is 187 Å². The number of rotatable bonds is 3. The van der Waals surface area contributed by atoms with Gasteiger partial charge in [0.15, 0.2) is 0 Å². The fourth-order valence-electron chi connectivity index (χ4n) is 4.72. The first-order valence-electron chi connectivity index (χ1n) is 10.7. The lowest BCUT2D eigenvalue weighted by Gasteiger charge is -2.43. The number of carbonyl (C=O) groups is 1. The van der Waals surface area contributed by atoms with Crippen LogP contribution < -0.4 is 4.72 Å². The number of hydrogen-bond donors (Lipinski definition) is 1. The number of urea groups is 1. The molecule has 2 amide bonds. The molecule has 4 rings (SSSR count). The Kier molecular flexibility index (Phi) is 6.48. The monoisotopic (exact) mass is 463 g/mol. The van der Waals surface area contributed by atoms with Crippen molar-refractivity contribution in [3.8, 4) is 11.1 Å². The van der Waals surface area contributed by atoms with Crippen molar-refractivity contribution < 1.29 is 22.0 Å². The van der Waals surface area contributed by atoms with Crippen LogP contribution in [0, 0.1) is 5.82 Å². The van der Waals surface area contributed by atoms with Gasteiger partial charge in [-0.15, -0.1) is 0 Å². The van der Waals surface area contributed by atoms with Crippen molar-refractivity contribution in [3.05, 3.63) is 59.4 Å². The Bertz CT molecular complexity index is 1110. The normalized spacial score (nSPS) is 21.9. The number of amides is 2. The number of alkyl halides is 1. The molecule has 9 heteroatoms. The van der Waals surface area contributed by atoms with Crippen molar-refractivity contribution in [1.82, 2.24) is 14.5 Å². The largest absolute Gasteiger partial charge is 0.327 e. The van der Waals surface area contributed by atoms with Gasteiger partial charge >= 0.3 is 6.03 Å². The molecule has 1 saturated heterocycles. The number of benzene rings is 2. The Hall–Kier alpha value is -2.52. The van der Waals surface area contributed by atoms with E-state index in [9.17, 15) is 17.6 Å². The topological polar surface area (TPSA) is 69.7 Å². The lowest BCUT2D eigenvalue weighted by molar-refractivity contribution is 0.108. The quantitative estimate of drug-likeness (QED) is 0.759. The minimum absolute atomic E-state index is 0.126. The summed E-state index contributed by atoms with van der Waals surface area (Å²) in [5.74, 6) is -0.376. The van der Waals surface area contributed by atoms with E-state index in [1.54, 1.807) is 35.0 Å². The van der Waals surface area contributed by atoms with Crippen molar-refractivity contribution in [1.29, 1.82) is 0 Å². The number of fused-ring (bicyclic) bond motifs is 5. The molecule has 2 heterocycles. The predicted octanol–water partition coefficient (Wildman–Crippen LogP) is 3.32. The van der Waals surface area contributed by atoms with Crippen LogP contribution in [0.3, 0.4) is 0 Å². The van der Waals surface area contributed by atoms with E-state index in [-0.39, 0.29) is 18.3 Å². The van der Waals surface area contributed by atoms with Gasteiger partial charge < -0.3 is 9.80 Å². The summed E-state index contributed by atoms with van der Waals surface area (Å²) in [6.45, 7) is 0.862. The molecule has 2 unspecified atom stereocenters. The van der Waals surface area contributed by atoms with E-state index in [2.05, 4.69) is 4.72 Å². The van der Waals surface area contributed by atoms with Crippen LogP contribution in [-0.2, 0) is 22.9 Å². The van der Waals surface area contributed by atoms with Crippen LogP contribution in [0.15, 0.2) is 42.5 Å². The second kappa shape index (κ2) is 9.15. The third-order valence-electron chi connectivity index (χ3n) is 6.36. The van der Waals surface area contributed by atoms with E-state index in [1.807, 2.05) is 24.3 Å². The third-order valence-corrected chi connectivity index (χ3v) is 7.31. The Morgan fingerprint density at radius 1 is 1.06 bits per heavy atom. The summed E-state index contributed by atoms with van der Waals surface area (Å²) in [4.78, 5) is 16.5. The maximum Gasteiger partial charge on any atom is 0.320 e. The van der Waals surface area contributed by atoms with E-state index in [0.29, 0.717) is 43.5 Å². The summed E-state index contributed by atoms with van der Waals surface area (Å²) >= 11 is 0. The van der Waals surface area contributed by atoms with Crippen LogP contribution in [0.25, 0.3) is 11.1 Å². The molecule has 0 radical (unpaired) electrons. The maximum absolute atomic E-state index is 15.7. The van der Waals surface area contributed by atoms with Crippen molar-refractivity contribution in [2.75, 3.05) is 26.1 Å². The third kappa shape index (κ3) is 4.49. The van der Waals surface area contributed by atoms with Gasteiger partial charge in [-0.05, 0) is 42.4 Å². The number of nitrogens with one attached hydrogen (secondary N) is 1. The zero-order valence-electron chi connectivity index (χ0n) is 17.9. The minimum atomic E-state index is -4.13. The highest BCUT2D eigenvalue weighted by Gasteiger charge is 2.38. The van der Waals surface area contributed by atoms with Gasteiger partial charge in [0.2, 0.25) is 16.0 Å². The van der Waals surface area contributed by atoms with Crippen molar-refractivity contribution in [3.63, 3.8) is 0 Å². The van der Waals surface area contributed by atoms with Gasteiger partial charge in [0, 0.05) is 31.7 Å². The second-order valence-corrected chi connectivity index (χ2v) is 10.1. The predicted molar refractivity (Wildman–Crippen MR) is 119 cm³/mol. The fourth-order valence-corrected chi connectivity index (χ4v) is 5.52. The van der Waals surface area contributed by atoms with Gasteiger partial charge in [0.1, 0.15) is 5.82 Å². The van der Waals surface area contributed by atoms with Gasteiger partial charge in [-0.25, -0.2) is 26.7 Å². The second-order valence-electron chi connectivity index (χ2n) is 8.45. The van der Waals surface area contributed by atoms with Gasteiger partial charge in [-0.3, -0.25) is 0 Å². The highest BCUT2D eigenvalue weighted by Crippen LogP contribution is 2.32. The van der Waals surface area contributed by atoms with Crippen LogP contribution in [0.5, 0.6) is 0 Å². The number of likely N-dealkylation sites (N-methyl/N-ethyl adjacent to an activating group) is 1.